The smallest absolute Gasteiger partial charge is 0.0623 e. The largest absolute Gasteiger partial charge is 0.111 e. The normalized spacial score (nSPS) is 22.4. The molecular weight excluding hydrogens is 203 g/mol. The van der Waals surface area contributed by atoms with Crippen molar-refractivity contribution in [3.05, 3.63) is 59.7 Å². The zero-order chi connectivity index (χ0) is 11.8. The average molecular weight is 220 g/mol. The minimum atomic E-state index is 0.702. The third kappa shape index (κ3) is 1.70. The molecule has 84 valence electrons. The van der Waals surface area contributed by atoms with E-state index < -0.39 is 0 Å². The summed E-state index contributed by atoms with van der Waals surface area (Å²) in [6, 6.07) is 17.5. The third-order valence-corrected chi connectivity index (χ3v) is 4.17. The Kier molecular flexibility index (Phi) is 2.55. The molecule has 2 unspecified atom stereocenters. The number of hydrogen-bond acceptors (Lipinski definition) is 0. The van der Waals surface area contributed by atoms with Crippen molar-refractivity contribution in [3.63, 3.8) is 0 Å². The van der Waals surface area contributed by atoms with Crippen molar-refractivity contribution in [3.8, 4) is 11.1 Å². The molecule has 0 N–H and O–H groups in total. The number of fused-ring (bicyclic) bond motifs is 1. The highest BCUT2D eigenvalue weighted by Crippen LogP contribution is 2.40. The highest BCUT2D eigenvalue weighted by molar-refractivity contribution is 6.13. The molecule has 0 spiro atoms. The minimum Gasteiger partial charge on any atom is -0.0623 e. The Morgan fingerprint density at radius 2 is 1.76 bits per heavy atom. The van der Waals surface area contributed by atoms with Crippen molar-refractivity contribution < 1.29 is 0 Å². The highest BCUT2D eigenvalue weighted by Gasteiger charge is 2.27. The molecule has 2 atom stereocenters. The lowest BCUT2D eigenvalue weighted by Gasteiger charge is -2.10. The van der Waals surface area contributed by atoms with Gasteiger partial charge >= 0.3 is 0 Å². The average Bonchev–Trinajstić information content (AvgIpc) is 2.67. The topological polar surface area (TPSA) is 0 Å². The Hall–Kier alpha value is -1.50. The van der Waals surface area contributed by atoms with Crippen LogP contribution >= 0.6 is 0 Å². The zero-order valence-electron chi connectivity index (χ0n) is 10.5. The fourth-order valence-electron chi connectivity index (χ4n) is 2.95. The van der Waals surface area contributed by atoms with E-state index >= 15 is 0 Å². The van der Waals surface area contributed by atoms with Gasteiger partial charge in [-0.3, -0.25) is 0 Å². The second-order valence-electron chi connectivity index (χ2n) is 5.21. The van der Waals surface area contributed by atoms with Gasteiger partial charge in [0.15, 0.2) is 0 Å². The maximum atomic E-state index is 2.36. The molecule has 0 bridgehead atoms. The molecule has 0 fully saturated rings. The molecule has 2 aromatic carbocycles. The van der Waals surface area contributed by atoms with Gasteiger partial charge in [-0.15, -0.1) is 0 Å². The molecule has 2 aromatic rings. The van der Waals surface area contributed by atoms with Crippen molar-refractivity contribution in [1.82, 2.24) is 0 Å². The van der Waals surface area contributed by atoms with Crippen LogP contribution in [0.5, 0.6) is 0 Å². The van der Waals surface area contributed by atoms with Gasteiger partial charge in [-0.2, -0.15) is 0 Å². The van der Waals surface area contributed by atoms with Crippen molar-refractivity contribution >= 4 is 7.85 Å². The molecule has 0 radical (unpaired) electrons. The van der Waals surface area contributed by atoms with E-state index in [0.717, 1.165) is 5.92 Å². The van der Waals surface area contributed by atoms with Gasteiger partial charge < -0.3 is 0 Å². The van der Waals surface area contributed by atoms with Crippen LogP contribution in [-0.4, -0.2) is 7.85 Å². The van der Waals surface area contributed by atoms with E-state index in [4.69, 9.17) is 0 Å². The lowest BCUT2D eigenvalue weighted by atomic mass is 9.77. The summed E-state index contributed by atoms with van der Waals surface area (Å²) in [7, 11) is 2.35. The summed E-state index contributed by atoms with van der Waals surface area (Å²) in [5, 5.41) is 0. The Bertz CT molecular complexity index is 530. The number of rotatable bonds is 1. The van der Waals surface area contributed by atoms with Gasteiger partial charge in [0.1, 0.15) is 7.85 Å². The molecule has 0 aliphatic heterocycles. The maximum absolute atomic E-state index is 2.36. The van der Waals surface area contributed by atoms with E-state index in [2.05, 4.69) is 63.3 Å². The van der Waals surface area contributed by atoms with Crippen LogP contribution in [0.2, 0.25) is 0 Å². The number of benzene rings is 2. The monoisotopic (exact) mass is 220 g/mol. The molecule has 0 saturated heterocycles. The van der Waals surface area contributed by atoms with Gasteiger partial charge in [-0.25, -0.2) is 0 Å². The van der Waals surface area contributed by atoms with Crippen LogP contribution in [0.15, 0.2) is 48.5 Å². The molecule has 0 aromatic heterocycles. The van der Waals surface area contributed by atoms with E-state index in [0.29, 0.717) is 5.82 Å². The van der Waals surface area contributed by atoms with Crippen molar-refractivity contribution in [2.24, 2.45) is 5.92 Å². The SMILES string of the molecule is BC1c2cccc(-c3ccccc3)c2CC1C. The van der Waals surface area contributed by atoms with Crippen molar-refractivity contribution in [2.45, 2.75) is 19.2 Å². The first-order valence-electron chi connectivity index (χ1n) is 6.44. The number of hydrogen-bond donors (Lipinski definition) is 0. The molecular formula is C16H17B. The lowest BCUT2D eigenvalue weighted by molar-refractivity contribution is 0.608. The summed E-state index contributed by atoms with van der Waals surface area (Å²) >= 11 is 0. The summed E-state index contributed by atoms with van der Waals surface area (Å²) in [6.45, 7) is 2.36. The summed E-state index contributed by atoms with van der Waals surface area (Å²) in [5.74, 6) is 1.48. The molecule has 1 aliphatic rings. The summed E-state index contributed by atoms with van der Waals surface area (Å²) < 4.78 is 0. The predicted molar refractivity (Wildman–Crippen MR) is 76.0 cm³/mol. The van der Waals surface area contributed by atoms with Gasteiger partial charge in [-0.05, 0) is 40.4 Å². The molecule has 1 aliphatic carbocycles. The zero-order valence-corrected chi connectivity index (χ0v) is 10.5. The van der Waals surface area contributed by atoms with E-state index in [-0.39, 0.29) is 0 Å². The Morgan fingerprint density at radius 1 is 1.00 bits per heavy atom. The van der Waals surface area contributed by atoms with Gasteiger partial charge in [0, 0.05) is 0 Å². The molecule has 3 rings (SSSR count). The van der Waals surface area contributed by atoms with E-state index in [1.54, 1.807) is 11.1 Å². The van der Waals surface area contributed by atoms with Crippen LogP contribution in [0.3, 0.4) is 0 Å². The standard InChI is InChI=1S/C16H17B/c1-11-10-15-13(12-6-3-2-4-7-12)8-5-9-14(15)16(11)17/h2-9,11,16H,10,17H2,1H3. The van der Waals surface area contributed by atoms with Crippen LogP contribution in [0.4, 0.5) is 0 Å². The predicted octanol–water partition coefficient (Wildman–Crippen LogP) is 3.22. The van der Waals surface area contributed by atoms with Gasteiger partial charge in [0.25, 0.3) is 0 Å². The Labute approximate surface area is 104 Å². The summed E-state index contributed by atoms with van der Waals surface area (Å²) in [4.78, 5) is 0. The van der Waals surface area contributed by atoms with Gasteiger partial charge in [0.05, 0.1) is 0 Å². The Morgan fingerprint density at radius 3 is 2.53 bits per heavy atom. The first-order chi connectivity index (χ1) is 8.27. The fraction of sp³-hybridized carbons (Fsp3) is 0.250. The van der Waals surface area contributed by atoms with E-state index in [1.807, 2.05) is 0 Å². The second kappa shape index (κ2) is 4.07. The van der Waals surface area contributed by atoms with Crippen molar-refractivity contribution in [1.29, 1.82) is 0 Å². The second-order valence-corrected chi connectivity index (χ2v) is 5.21. The van der Waals surface area contributed by atoms with E-state index in [9.17, 15) is 0 Å². The maximum Gasteiger partial charge on any atom is 0.111 e. The fourth-order valence-corrected chi connectivity index (χ4v) is 2.95. The van der Waals surface area contributed by atoms with Gasteiger partial charge in [-0.1, -0.05) is 55.5 Å². The lowest BCUT2D eigenvalue weighted by Crippen LogP contribution is -2.01. The summed E-state index contributed by atoms with van der Waals surface area (Å²) in [6.07, 6.45) is 1.22. The minimum absolute atomic E-state index is 0.702. The van der Waals surface area contributed by atoms with Crippen LogP contribution in [0, 0.1) is 5.92 Å². The van der Waals surface area contributed by atoms with Crippen LogP contribution in [0.25, 0.3) is 11.1 Å². The van der Waals surface area contributed by atoms with Crippen LogP contribution in [-0.2, 0) is 6.42 Å². The molecule has 1 heteroatoms. The highest BCUT2D eigenvalue weighted by atomic mass is 14.3. The molecule has 0 saturated carbocycles. The van der Waals surface area contributed by atoms with E-state index in [1.165, 1.54) is 17.5 Å². The first-order valence-corrected chi connectivity index (χ1v) is 6.44. The van der Waals surface area contributed by atoms with Crippen LogP contribution in [0.1, 0.15) is 23.9 Å². The Balaban J connectivity index is 2.16. The quantitative estimate of drug-likeness (QED) is 0.647. The molecule has 0 amide bonds. The van der Waals surface area contributed by atoms with Gasteiger partial charge in [0.2, 0.25) is 0 Å². The molecule has 0 nitrogen and oxygen atoms in total. The first kappa shape index (κ1) is 10.6. The molecule has 17 heavy (non-hydrogen) atoms. The van der Waals surface area contributed by atoms with Crippen molar-refractivity contribution in [2.75, 3.05) is 0 Å². The molecule has 0 heterocycles. The third-order valence-electron chi connectivity index (χ3n) is 4.17. The van der Waals surface area contributed by atoms with Crippen LogP contribution < -0.4 is 0 Å². The summed E-state index contributed by atoms with van der Waals surface area (Å²) in [5.41, 5.74) is 5.91.